The smallest absolute Gasteiger partial charge is 0.328 e. The van der Waals surface area contributed by atoms with E-state index in [-0.39, 0.29) is 11.8 Å². The molecule has 0 saturated heterocycles. The molecule has 90 valence electrons. The first-order chi connectivity index (χ1) is 8.13. The average molecular weight is 235 g/mol. The van der Waals surface area contributed by atoms with E-state index in [9.17, 15) is 9.59 Å². The molecule has 0 radical (unpaired) electrons. The SMILES string of the molecule is O=C(N[C@H](CO)C(=O)O)C1Cc2ccccc21. The molecule has 1 aromatic carbocycles. The predicted molar refractivity (Wildman–Crippen MR) is 59.5 cm³/mol. The van der Waals surface area contributed by atoms with E-state index in [0.29, 0.717) is 6.42 Å². The minimum absolute atomic E-state index is 0.292. The molecule has 5 heteroatoms. The topological polar surface area (TPSA) is 86.6 Å². The highest BCUT2D eigenvalue weighted by Gasteiger charge is 2.33. The van der Waals surface area contributed by atoms with Crippen LogP contribution in [0.1, 0.15) is 17.0 Å². The number of rotatable bonds is 4. The highest BCUT2D eigenvalue weighted by atomic mass is 16.4. The van der Waals surface area contributed by atoms with Crippen LogP contribution in [0.4, 0.5) is 0 Å². The number of hydrogen-bond acceptors (Lipinski definition) is 3. The Bertz CT molecular complexity index is 458. The molecular weight excluding hydrogens is 222 g/mol. The summed E-state index contributed by atoms with van der Waals surface area (Å²) in [6, 6.07) is 6.33. The number of nitrogens with one attached hydrogen (secondary N) is 1. The second-order valence-corrected chi connectivity index (χ2v) is 4.04. The van der Waals surface area contributed by atoms with Crippen molar-refractivity contribution in [2.24, 2.45) is 0 Å². The fourth-order valence-electron chi connectivity index (χ4n) is 1.95. The van der Waals surface area contributed by atoms with Gasteiger partial charge in [-0.05, 0) is 17.5 Å². The first-order valence-corrected chi connectivity index (χ1v) is 5.35. The third kappa shape index (κ3) is 2.14. The van der Waals surface area contributed by atoms with E-state index in [1.165, 1.54) is 0 Å². The van der Waals surface area contributed by atoms with E-state index in [2.05, 4.69) is 5.32 Å². The van der Waals surface area contributed by atoms with Crippen LogP contribution in [0.15, 0.2) is 24.3 Å². The molecule has 1 aliphatic carbocycles. The van der Waals surface area contributed by atoms with E-state index in [1.807, 2.05) is 24.3 Å². The standard InChI is InChI=1S/C12H13NO4/c14-6-10(12(16)17)13-11(15)9-5-7-3-1-2-4-8(7)9/h1-4,9-10,14H,5-6H2,(H,13,15)(H,16,17)/t9?,10-/m1/s1. The van der Waals surface area contributed by atoms with Crippen LogP contribution in [0.5, 0.6) is 0 Å². The van der Waals surface area contributed by atoms with Gasteiger partial charge in [-0.25, -0.2) is 4.79 Å². The summed E-state index contributed by atoms with van der Waals surface area (Å²) >= 11 is 0. The molecule has 1 amide bonds. The molecule has 0 saturated carbocycles. The second kappa shape index (κ2) is 4.55. The van der Waals surface area contributed by atoms with Gasteiger partial charge in [-0.3, -0.25) is 4.79 Å². The van der Waals surface area contributed by atoms with Gasteiger partial charge in [0.25, 0.3) is 0 Å². The molecular formula is C12H13NO4. The van der Waals surface area contributed by atoms with Crippen LogP contribution >= 0.6 is 0 Å². The fourth-order valence-corrected chi connectivity index (χ4v) is 1.95. The Morgan fingerprint density at radius 1 is 1.41 bits per heavy atom. The lowest BCUT2D eigenvalue weighted by atomic mass is 9.77. The van der Waals surface area contributed by atoms with Gasteiger partial charge < -0.3 is 15.5 Å². The Kier molecular flexibility index (Phi) is 3.10. The number of fused-ring (bicyclic) bond motifs is 1. The lowest BCUT2D eigenvalue weighted by Gasteiger charge is -2.29. The largest absolute Gasteiger partial charge is 0.480 e. The highest BCUT2D eigenvalue weighted by Crippen LogP contribution is 2.34. The summed E-state index contributed by atoms with van der Waals surface area (Å²) in [4.78, 5) is 22.4. The zero-order valence-electron chi connectivity index (χ0n) is 9.09. The number of aliphatic hydroxyl groups is 1. The van der Waals surface area contributed by atoms with Crippen molar-refractivity contribution in [3.63, 3.8) is 0 Å². The average Bonchev–Trinajstić information content (AvgIpc) is 2.27. The van der Waals surface area contributed by atoms with E-state index in [1.54, 1.807) is 0 Å². The van der Waals surface area contributed by atoms with Crippen molar-refractivity contribution in [2.45, 2.75) is 18.4 Å². The van der Waals surface area contributed by atoms with E-state index >= 15 is 0 Å². The number of aliphatic carboxylic acids is 1. The van der Waals surface area contributed by atoms with Gasteiger partial charge in [-0.2, -0.15) is 0 Å². The summed E-state index contributed by atoms with van der Waals surface area (Å²) < 4.78 is 0. The van der Waals surface area contributed by atoms with Gasteiger partial charge in [0.1, 0.15) is 6.04 Å². The van der Waals surface area contributed by atoms with E-state index < -0.39 is 18.6 Å². The first-order valence-electron chi connectivity index (χ1n) is 5.35. The molecule has 0 fully saturated rings. The molecule has 1 unspecified atom stereocenters. The van der Waals surface area contributed by atoms with E-state index in [0.717, 1.165) is 11.1 Å². The zero-order chi connectivity index (χ0) is 12.4. The van der Waals surface area contributed by atoms with Crippen molar-refractivity contribution < 1.29 is 19.8 Å². The maximum Gasteiger partial charge on any atom is 0.328 e. The van der Waals surface area contributed by atoms with Gasteiger partial charge in [0.15, 0.2) is 0 Å². The van der Waals surface area contributed by atoms with Crippen LogP contribution in [-0.2, 0) is 16.0 Å². The molecule has 0 aromatic heterocycles. The van der Waals surface area contributed by atoms with Crippen molar-refractivity contribution in [1.82, 2.24) is 5.32 Å². The number of carbonyl (C=O) groups excluding carboxylic acids is 1. The molecule has 5 nitrogen and oxygen atoms in total. The predicted octanol–water partition coefficient (Wildman–Crippen LogP) is -0.112. The Morgan fingerprint density at radius 3 is 2.71 bits per heavy atom. The Hall–Kier alpha value is -1.88. The summed E-state index contributed by atoms with van der Waals surface area (Å²) in [5.41, 5.74) is 2.05. The number of carboxylic acid groups (broad SMARTS) is 1. The third-order valence-corrected chi connectivity index (χ3v) is 2.97. The van der Waals surface area contributed by atoms with Gasteiger partial charge in [0.2, 0.25) is 5.91 Å². The van der Waals surface area contributed by atoms with E-state index in [4.69, 9.17) is 10.2 Å². The molecule has 2 rings (SSSR count). The Balaban J connectivity index is 2.02. The molecule has 2 atom stereocenters. The van der Waals surface area contributed by atoms with Crippen molar-refractivity contribution in [1.29, 1.82) is 0 Å². The Labute approximate surface area is 98.1 Å². The molecule has 1 aliphatic rings. The molecule has 3 N–H and O–H groups in total. The Morgan fingerprint density at radius 2 is 2.12 bits per heavy atom. The first kappa shape index (κ1) is 11.6. The molecule has 0 bridgehead atoms. The summed E-state index contributed by atoms with van der Waals surface area (Å²) in [6.45, 7) is -0.602. The normalized spacial score (nSPS) is 18.8. The number of aliphatic hydroxyl groups excluding tert-OH is 1. The monoisotopic (exact) mass is 235 g/mol. The summed E-state index contributed by atoms with van der Waals surface area (Å²) in [5, 5.41) is 19.9. The van der Waals surface area contributed by atoms with Gasteiger partial charge in [0, 0.05) is 0 Å². The van der Waals surface area contributed by atoms with Crippen LogP contribution < -0.4 is 5.32 Å². The molecule has 0 aliphatic heterocycles. The number of carbonyl (C=O) groups is 2. The van der Waals surface area contributed by atoms with Crippen molar-refractivity contribution in [3.8, 4) is 0 Å². The second-order valence-electron chi connectivity index (χ2n) is 4.04. The number of carboxylic acids is 1. The van der Waals surface area contributed by atoms with Crippen LogP contribution in [0.2, 0.25) is 0 Å². The summed E-state index contributed by atoms with van der Waals surface area (Å²) in [6.07, 6.45) is 0.625. The quantitative estimate of drug-likeness (QED) is 0.679. The van der Waals surface area contributed by atoms with Crippen LogP contribution in [-0.4, -0.2) is 34.7 Å². The molecule has 17 heavy (non-hydrogen) atoms. The lowest BCUT2D eigenvalue weighted by molar-refractivity contribution is -0.143. The van der Waals surface area contributed by atoms with Crippen molar-refractivity contribution in [2.75, 3.05) is 6.61 Å². The third-order valence-electron chi connectivity index (χ3n) is 2.97. The van der Waals surface area contributed by atoms with Gasteiger partial charge in [-0.1, -0.05) is 24.3 Å². The molecule has 1 aromatic rings. The maximum absolute atomic E-state index is 11.8. The number of hydrogen-bond donors (Lipinski definition) is 3. The zero-order valence-corrected chi connectivity index (χ0v) is 9.09. The minimum atomic E-state index is -1.23. The highest BCUT2D eigenvalue weighted by molar-refractivity contribution is 5.90. The van der Waals surface area contributed by atoms with Crippen LogP contribution in [0, 0.1) is 0 Å². The van der Waals surface area contributed by atoms with Crippen LogP contribution in [0.25, 0.3) is 0 Å². The lowest BCUT2D eigenvalue weighted by Crippen LogP contribution is -2.47. The molecule has 0 heterocycles. The van der Waals surface area contributed by atoms with Crippen molar-refractivity contribution in [3.05, 3.63) is 35.4 Å². The minimum Gasteiger partial charge on any atom is -0.480 e. The van der Waals surface area contributed by atoms with Crippen LogP contribution in [0.3, 0.4) is 0 Å². The maximum atomic E-state index is 11.8. The van der Waals surface area contributed by atoms with Gasteiger partial charge in [0.05, 0.1) is 12.5 Å². The number of benzene rings is 1. The van der Waals surface area contributed by atoms with Gasteiger partial charge in [-0.15, -0.1) is 0 Å². The fraction of sp³-hybridized carbons (Fsp3) is 0.333. The summed E-state index contributed by atoms with van der Waals surface area (Å²) in [5.74, 6) is -1.86. The molecule has 0 spiro atoms. The summed E-state index contributed by atoms with van der Waals surface area (Å²) in [7, 11) is 0. The van der Waals surface area contributed by atoms with Gasteiger partial charge >= 0.3 is 5.97 Å². The van der Waals surface area contributed by atoms with Crippen molar-refractivity contribution >= 4 is 11.9 Å². The number of amides is 1.